The SMILES string of the molecule is Cc1cc(F)ccc1C1CNCCC1C(=O)N(C1CC1)C(C)c1cc(C(F)(F)F)cc(C(F)(F)F)c1. The largest absolute Gasteiger partial charge is 0.416 e. The standard InChI is InChI=1S/C26H27F7N2O/c1-14-9-19(27)3-6-21(14)23-13-34-8-7-22(23)24(36)35(20-4-5-20)15(2)16-10-17(25(28,29)30)12-18(11-16)26(31,32)33/h3,6,9-12,15,20,22-23,34H,4-5,7-8,13H2,1-2H3. The first kappa shape index (κ1) is 26.4. The Morgan fingerprint density at radius 2 is 1.58 bits per heavy atom. The molecule has 2 aromatic rings. The number of carbonyl (C=O) groups excluding carboxylic acids is 1. The van der Waals surface area contributed by atoms with Gasteiger partial charge >= 0.3 is 12.4 Å². The number of amides is 1. The van der Waals surface area contributed by atoms with E-state index in [4.69, 9.17) is 0 Å². The van der Waals surface area contributed by atoms with Gasteiger partial charge in [0, 0.05) is 24.4 Å². The number of hydrogen-bond donors (Lipinski definition) is 1. The third kappa shape index (κ3) is 5.53. The van der Waals surface area contributed by atoms with Crippen LogP contribution in [0.15, 0.2) is 36.4 Å². The maximum absolute atomic E-state index is 13.9. The highest BCUT2D eigenvalue weighted by molar-refractivity contribution is 5.81. The van der Waals surface area contributed by atoms with Gasteiger partial charge in [-0.15, -0.1) is 0 Å². The number of piperidine rings is 1. The monoisotopic (exact) mass is 516 g/mol. The van der Waals surface area contributed by atoms with Crippen LogP contribution in [-0.2, 0) is 17.1 Å². The van der Waals surface area contributed by atoms with Crippen LogP contribution >= 0.6 is 0 Å². The quantitative estimate of drug-likeness (QED) is 0.454. The summed E-state index contributed by atoms with van der Waals surface area (Å²) in [6.07, 6.45) is -8.22. The Hall–Kier alpha value is -2.62. The first-order chi connectivity index (χ1) is 16.8. The fourth-order valence-corrected chi connectivity index (χ4v) is 5.15. The molecule has 4 rings (SSSR count). The number of halogens is 7. The van der Waals surface area contributed by atoms with E-state index < -0.39 is 41.3 Å². The molecule has 0 spiro atoms. The summed E-state index contributed by atoms with van der Waals surface area (Å²) in [6, 6.07) is 4.60. The number of nitrogens with one attached hydrogen (secondary N) is 1. The van der Waals surface area contributed by atoms with Gasteiger partial charge in [0.15, 0.2) is 0 Å². The lowest BCUT2D eigenvalue weighted by Gasteiger charge is -2.39. The molecule has 1 heterocycles. The zero-order chi connectivity index (χ0) is 26.4. The second-order valence-corrected chi connectivity index (χ2v) is 9.70. The minimum absolute atomic E-state index is 0.0969. The van der Waals surface area contributed by atoms with E-state index in [1.807, 2.05) is 0 Å². The molecule has 1 aliphatic carbocycles. The van der Waals surface area contributed by atoms with Crippen molar-refractivity contribution < 1.29 is 35.5 Å². The van der Waals surface area contributed by atoms with E-state index in [0.29, 0.717) is 50.0 Å². The predicted octanol–water partition coefficient (Wildman–Crippen LogP) is 6.62. The topological polar surface area (TPSA) is 32.3 Å². The van der Waals surface area contributed by atoms with E-state index in [2.05, 4.69) is 5.32 Å². The van der Waals surface area contributed by atoms with E-state index in [1.165, 1.54) is 24.0 Å². The highest BCUT2D eigenvalue weighted by Gasteiger charge is 2.44. The molecule has 0 bridgehead atoms. The highest BCUT2D eigenvalue weighted by Crippen LogP contribution is 2.43. The van der Waals surface area contributed by atoms with Crippen LogP contribution in [0.5, 0.6) is 0 Å². The van der Waals surface area contributed by atoms with Crippen molar-refractivity contribution in [2.24, 2.45) is 5.92 Å². The molecule has 3 nitrogen and oxygen atoms in total. The first-order valence-electron chi connectivity index (χ1n) is 11.9. The van der Waals surface area contributed by atoms with Crippen LogP contribution in [0.4, 0.5) is 30.7 Å². The van der Waals surface area contributed by atoms with Crippen LogP contribution < -0.4 is 5.32 Å². The minimum Gasteiger partial charge on any atom is -0.333 e. The molecule has 10 heteroatoms. The van der Waals surface area contributed by atoms with E-state index in [0.717, 1.165) is 5.56 Å². The number of rotatable bonds is 5. The molecule has 1 aliphatic heterocycles. The smallest absolute Gasteiger partial charge is 0.333 e. The van der Waals surface area contributed by atoms with Crippen molar-refractivity contribution in [3.05, 3.63) is 70.0 Å². The maximum Gasteiger partial charge on any atom is 0.416 e. The highest BCUT2D eigenvalue weighted by atomic mass is 19.4. The first-order valence-corrected chi connectivity index (χ1v) is 11.9. The molecule has 2 aromatic carbocycles. The molecule has 1 N–H and O–H groups in total. The summed E-state index contributed by atoms with van der Waals surface area (Å²) in [5.74, 6) is -1.54. The molecule has 36 heavy (non-hydrogen) atoms. The lowest BCUT2D eigenvalue weighted by molar-refractivity contribution is -0.143. The van der Waals surface area contributed by atoms with E-state index in [9.17, 15) is 35.5 Å². The van der Waals surface area contributed by atoms with E-state index in [-0.39, 0.29) is 29.5 Å². The molecule has 1 amide bonds. The number of carbonyl (C=O) groups is 1. The van der Waals surface area contributed by atoms with Gasteiger partial charge in [-0.05, 0) is 86.7 Å². The van der Waals surface area contributed by atoms with Gasteiger partial charge < -0.3 is 10.2 Å². The average molecular weight is 517 g/mol. The number of alkyl halides is 6. The Morgan fingerprint density at radius 1 is 0.972 bits per heavy atom. The Morgan fingerprint density at radius 3 is 2.11 bits per heavy atom. The van der Waals surface area contributed by atoms with Crippen LogP contribution in [0.2, 0.25) is 0 Å². The molecule has 2 fully saturated rings. The molecule has 1 saturated carbocycles. The maximum atomic E-state index is 13.9. The number of benzene rings is 2. The van der Waals surface area contributed by atoms with Crippen LogP contribution in [0.3, 0.4) is 0 Å². The van der Waals surface area contributed by atoms with Crippen LogP contribution in [0, 0.1) is 18.7 Å². The van der Waals surface area contributed by atoms with Crippen molar-refractivity contribution in [2.45, 2.75) is 63.5 Å². The van der Waals surface area contributed by atoms with Crippen LogP contribution in [-0.4, -0.2) is 29.9 Å². The third-order valence-corrected chi connectivity index (χ3v) is 7.13. The van der Waals surface area contributed by atoms with Gasteiger partial charge in [-0.3, -0.25) is 4.79 Å². The molecule has 0 radical (unpaired) electrons. The van der Waals surface area contributed by atoms with Crippen molar-refractivity contribution in [3.8, 4) is 0 Å². The Bertz CT molecular complexity index is 1090. The van der Waals surface area contributed by atoms with Gasteiger partial charge in [0.2, 0.25) is 5.91 Å². The molecule has 1 saturated heterocycles. The average Bonchev–Trinajstić information content (AvgIpc) is 3.63. The second kappa shape index (κ2) is 9.68. The Balaban J connectivity index is 1.71. The summed E-state index contributed by atoms with van der Waals surface area (Å²) in [4.78, 5) is 15.4. The van der Waals surface area contributed by atoms with E-state index >= 15 is 0 Å². The predicted molar refractivity (Wildman–Crippen MR) is 120 cm³/mol. The van der Waals surface area contributed by atoms with Gasteiger partial charge in [0.1, 0.15) is 5.82 Å². The summed E-state index contributed by atoms with van der Waals surface area (Å²) in [6.45, 7) is 4.22. The van der Waals surface area contributed by atoms with Crippen molar-refractivity contribution in [2.75, 3.05) is 13.1 Å². The van der Waals surface area contributed by atoms with Gasteiger partial charge in [0.05, 0.1) is 17.2 Å². The minimum atomic E-state index is -4.97. The number of nitrogens with zero attached hydrogens (tertiary/aromatic N) is 1. The van der Waals surface area contributed by atoms with Crippen LogP contribution in [0.25, 0.3) is 0 Å². The number of aryl methyl sites for hydroxylation is 1. The lowest BCUT2D eigenvalue weighted by atomic mass is 9.78. The Kier molecular flexibility index (Phi) is 7.11. The summed E-state index contributed by atoms with van der Waals surface area (Å²) in [5, 5.41) is 3.24. The summed E-state index contributed by atoms with van der Waals surface area (Å²) >= 11 is 0. The molecular weight excluding hydrogens is 489 g/mol. The second-order valence-electron chi connectivity index (χ2n) is 9.70. The van der Waals surface area contributed by atoms with Gasteiger partial charge in [-0.25, -0.2) is 4.39 Å². The molecular formula is C26H27F7N2O. The summed E-state index contributed by atoms with van der Waals surface area (Å²) < 4.78 is 94.4. The molecule has 196 valence electrons. The summed E-state index contributed by atoms with van der Waals surface area (Å²) in [5.41, 5.74) is -1.53. The number of hydrogen-bond acceptors (Lipinski definition) is 2. The van der Waals surface area contributed by atoms with E-state index in [1.54, 1.807) is 13.0 Å². The van der Waals surface area contributed by atoms with Gasteiger partial charge in [0.25, 0.3) is 0 Å². The molecule has 3 atom stereocenters. The molecule has 3 unspecified atom stereocenters. The van der Waals surface area contributed by atoms with Gasteiger partial charge in [-0.1, -0.05) is 6.07 Å². The molecule has 2 aliphatic rings. The third-order valence-electron chi connectivity index (χ3n) is 7.13. The van der Waals surface area contributed by atoms with Crippen LogP contribution in [0.1, 0.15) is 66.0 Å². The fraction of sp³-hybridized carbons (Fsp3) is 0.500. The fourth-order valence-electron chi connectivity index (χ4n) is 5.15. The van der Waals surface area contributed by atoms with Crippen molar-refractivity contribution >= 4 is 5.91 Å². The lowest BCUT2D eigenvalue weighted by Crippen LogP contribution is -2.47. The molecule has 0 aromatic heterocycles. The summed E-state index contributed by atoms with van der Waals surface area (Å²) in [7, 11) is 0. The van der Waals surface area contributed by atoms with Crippen molar-refractivity contribution in [1.82, 2.24) is 10.2 Å². The van der Waals surface area contributed by atoms with Crippen molar-refractivity contribution in [3.63, 3.8) is 0 Å². The zero-order valence-corrected chi connectivity index (χ0v) is 19.8. The van der Waals surface area contributed by atoms with Crippen molar-refractivity contribution in [1.29, 1.82) is 0 Å². The normalized spacial score (nSPS) is 21.8. The van der Waals surface area contributed by atoms with Gasteiger partial charge in [-0.2, -0.15) is 26.3 Å². The Labute approximate surface area is 204 Å². The zero-order valence-electron chi connectivity index (χ0n) is 19.8.